The van der Waals surface area contributed by atoms with Gasteiger partial charge in [0, 0.05) is 6.07 Å². The standard InChI is InChI=1S/C14H21NO4/c1-9(2)14(10(3)16)7-11-5-12(15(17)18)8-13(6-11)19-4/h5-6,8-10,14,16H,7H2,1-4H3. The van der Waals surface area contributed by atoms with Crippen LogP contribution in [0.25, 0.3) is 0 Å². The van der Waals surface area contributed by atoms with Gasteiger partial charge in [0.05, 0.1) is 24.2 Å². The maximum atomic E-state index is 10.9. The second-order valence-corrected chi connectivity index (χ2v) is 5.15. The van der Waals surface area contributed by atoms with Crippen molar-refractivity contribution in [1.82, 2.24) is 0 Å². The zero-order valence-corrected chi connectivity index (χ0v) is 11.8. The van der Waals surface area contributed by atoms with E-state index in [-0.39, 0.29) is 11.6 Å². The summed E-state index contributed by atoms with van der Waals surface area (Å²) in [4.78, 5) is 10.4. The van der Waals surface area contributed by atoms with Gasteiger partial charge in [-0.2, -0.15) is 0 Å². The minimum Gasteiger partial charge on any atom is -0.496 e. The Kier molecular flexibility index (Phi) is 5.30. The number of aliphatic hydroxyl groups is 1. The third kappa shape index (κ3) is 4.21. The van der Waals surface area contributed by atoms with E-state index in [0.717, 1.165) is 5.56 Å². The van der Waals surface area contributed by atoms with Gasteiger partial charge in [-0.25, -0.2) is 0 Å². The lowest BCUT2D eigenvalue weighted by Crippen LogP contribution is -2.24. The quantitative estimate of drug-likeness (QED) is 0.635. The number of rotatable bonds is 6. The zero-order chi connectivity index (χ0) is 14.6. The zero-order valence-electron chi connectivity index (χ0n) is 11.8. The van der Waals surface area contributed by atoms with Crippen LogP contribution in [0.2, 0.25) is 0 Å². The highest BCUT2D eigenvalue weighted by Crippen LogP contribution is 2.27. The first-order valence-electron chi connectivity index (χ1n) is 6.35. The number of nitrogens with zero attached hydrogens (tertiary/aromatic N) is 1. The molecule has 5 nitrogen and oxygen atoms in total. The van der Waals surface area contributed by atoms with Crippen molar-refractivity contribution in [3.05, 3.63) is 33.9 Å². The van der Waals surface area contributed by atoms with E-state index < -0.39 is 11.0 Å². The molecule has 106 valence electrons. The molecule has 5 heteroatoms. The molecule has 0 bridgehead atoms. The molecule has 0 aromatic heterocycles. The highest BCUT2D eigenvalue weighted by molar-refractivity contribution is 5.43. The van der Waals surface area contributed by atoms with Gasteiger partial charge in [-0.1, -0.05) is 13.8 Å². The SMILES string of the molecule is COc1cc(CC(C(C)C)C(C)O)cc([N+](=O)[O-])c1. The van der Waals surface area contributed by atoms with Crippen molar-refractivity contribution in [3.8, 4) is 5.75 Å². The van der Waals surface area contributed by atoms with E-state index >= 15 is 0 Å². The molecule has 0 radical (unpaired) electrons. The van der Waals surface area contributed by atoms with Crippen LogP contribution >= 0.6 is 0 Å². The molecule has 0 aliphatic rings. The number of ether oxygens (including phenoxy) is 1. The smallest absolute Gasteiger partial charge is 0.273 e. The Balaban J connectivity index is 3.05. The van der Waals surface area contributed by atoms with Crippen LogP contribution < -0.4 is 4.74 Å². The van der Waals surface area contributed by atoms with Crippen molar-refractivity contribution in [2.75, 3.05) is 7.11 Å². The number of nitro groups is 1. The van der Waals surface area contributed by atoms with Crippen LogP contribution in [-0.4, -0.2) is 23.2 Å². The number of benzene rings is 1. The molecule has 1 aromatic carbocycles. The molecule has 0 saturated carbocycles. The van der Waals surface area contributed by atoms with Crippen LogP contribution in [0.15, 0.2) is 18.2 Å². The third-order valence-corrected chi connectivity index (χ3v) is 3.34. The summed E-state index contributed by atoms with van der Waals surface area (Å²) in [6.45, 7) is 5.82. The van der Waals surface area contributed by atoms with Crippen molar-refractivity contribution < 1.29 is 14.8 Å². The van der Waals surface area contributed by atoms with Crippen LogP contribution in [-0.2, 0) is 6.42 Å². The summed E-state index contributed by atoms with van der Waals surface area (Å²) in [5, 5.41) is 20.7. The number of hydrogen-bond acceptors (Lipinski definition) is 4. The molecule has 0 saturated heterocycles. The van der Waals surface area contributed by atoms with Crippen molar-refractivity contribution in [3.63, 3.8) is 0 Å². The summed E-state index contributed by atoms with van der Waals surface area (Å²) in [7, 11) is 1.48. The maximum absolute atomic E-state index is 10.9. The van der Waals surface area contributed by atoms with Crippen LogP contribution in [0, 0.1) is 22.0 Å². The van der Waals surface area contributed by atoms with E-state index in [2.05, 4.69) is 0 Å². The van der Waals surface area contributed by atoms with E-state index in [0.29, 0.717) is 18.1 Å². The lowest BCUT2D eigenvalue weighted by molar-refractivity contribution is -0.385. The minimum absolute atomic E-state index is 0.0162. The van der Waals surface area contributed by atoms with E-state index in [1.807, 2.05) is 13.8 Å². The number of non-ortho nitro benzene ring substituents is 1. The molecule has 2 unspecified atom stereocenters. The number of aliphatic hydroxyl groups excluding tert-OH is 1. The van der Waals surface area contributed by atoms with Gasteiger partial charge < -0.3 is 9.84 Å². The number of hydrogen-bond donors (Lipinski definition) is 1. The summed E-state index contributed by atoms with van der Waals surface area (Å²) < 4.78 is 5.08. The molecule has 0 spiro atoms. The molecule has 0 fully saturated rings. The van der Waals surface area contributed by atoms with Crippen LogP contribution in [0.3, 0.4) is 0 Å². The van der Waals surface area contributed by atoms with Gasteiger partial charge in [0.1, 0.15) is 5.75 Å². The summed E-state index contributed by atoms with van der Waals surface area (Å²) in [6.07, 6.45) is 0.137. The first kappa shape index (κ1) is 15.4. The number of methoxy groups -OCH3 is 1. The highest BCUT2D eigenvalue weighted by Gasteiger charge is 2.21. The summed E-state index contributed by atoms with van der Waals surface area (Å²) in [5.41, 5.74) is 0.827. The highest BCUT2D eigenvalue weighted by atomic mass is 16.6. The van der Waals surface area contributed by atoms with Gasteiger partial charge in [-0.3, -0.25) is 10.1 Å². The van der Waals surface area contributed by atoms with E-state index in [1.165, 1.54) is 13.2 Å². The predicted octanol–water partition coefficient (Wildman–Crippen LogP) is 2.80. The topological polar surface area (TPSA) is 72.6 Å². The Hall–Kier alpha value is -1.62. The predicted molar refractivity (Wildman–Crippen MR) is 73.4 cm³/mol. The van der Waals surface area contributed by atoms with Crippen molar-refractivity contribution in [1.29, 1.82) is 0 Å². The third-order valence-electron chi connectivity index (χ3n) is 3.34. The average molecular weight is 267 g/mol. The Bertz CT molecular complexity index is 435. The maximum Gasteiger partial charge on any atom is 0.273 e. The van der Waals surface area contributed by atoms with Crippen LogP contribution in [0.5, 0.6) is 5.75 Å². The van der Waals surface area contributed by atoms with Crippen molar-refractivity contribution >= 4 is 5.69 Å². The van der Waals surface area contributed by atoms with Gasteiger partial charge in [0.2, 0.25) is 0 Å². The number of nitro benzene ring substituents is 1. The van der Waals surface area contributed by atoms with Gasteiger partial charge in [-0.15, -0.1) is 0 Å². The molecule has 0 aliphatic carbocycles. The molecule has 2 atom stereocenters. The molecular weight excluding hydrogens is 246 g/mol. The first-order chi connectivity index (χ1) is 8.85. The normalized spacial score (nSPS) is 14.2. The summed E-state index contributed by atoms with van der Waals surface area (Å²) >= 11 is 0. The monoisotopic (exact) mass is 267 g/mol. The second kappa shape index (κ2) is 6.52. The van der Waals surface area contributed by atoms with Crippen LogP contribution in [0.1, 0.15) is 26.3 Å². The minimum atomic E-state index is -0.453. The fourth-order valence-corrected chi connectivity index (χ4v) is 2.22. The molecule has 0 amide bonds. The Labute approximate surface area is 113 Å². The molecule has 0 heterocycles. The van der Waals surface area contributed by atoms with Gasteiger partial charge >= 0.3 is 0 Å². The molecule has 1 N–H and O–H groups in total. The molecule has 0 aliphatic heterocycles. The van der Waals surface area contributed by atoms with Gasteiger partial charge in [-0.05, 0) is 36.8 Å². The molecule has 19 heavy (non-hydrogen) atoms. The lowest BCUT2D eigenvalue weighted by Gasteiger charge is -2.23. The average Bonchev–Trinajstić information content (AvgIpc) is 2.34. The summed E-state index contributed by atoms with van der Waals surface area (Å²) in [5.74, 6) is 0.828. The fourth-order valence-electron chi connectivity index (χ4n) is 2.22. The first-order valence-corrected chi connectivity index (χ1v) is 6.35. The van der Waals surface area contributed by atoms with Gasteiger partial charge in [0.25, 0.3) is 5.69 Å². The second-order valence-electron chi connectivity index (χ2n) is 5.15. The van der Waals surface area contributed by atoms with E-state index in [4.69, 9.17) is 4.74 Å². The Morgan fingerprint density at radius 2 is 1.95 bits per heavy atom. The van der Waals surface area contributed by atoms with E-state index in [9.17, 15) is 15.2 Å². The Morgan fingerprint density at radius 1 is 1.32 bits per heavy atom. The summed E-state index contributed by atoms with van der Waals surface area (Å²) in [6, 6.07) is 4.72. The fraction of sp³-hybridized carbons (Fsp3) is 0.571. The molecule has 1 rings (SSSR count). The van der Waals surface area contributed by atoms with E-state index in [1.54, 1.807) is 19.1 Å². The van der Waals surface area contributed by atoms with Crippen molar-refractivity contribution in [2.45, 2.75) is 33.3 Å². The largest absolute Gasteiger partial charge is 0.496 e. The Morgan fingerprint density at radius 3 is 2.37 bits per heavy atom. The molecular formula is C14H21NO4. The lowest BCUT2D eigenvalue weighted by atomic mass is 9.85. The van der Waals surface area contributed by atoms with Gasteiger partial charge in [0.15, 0.2) is 0 Å². The molecule has 1 aromatic rings. The van der Waals surface area contributed by atoms with Crippen molar-refractivity contribution in [2.24, 2.45) is 11.8 Å². The van der Waals surface area contributed by atoms with Crippen LogP contribution in [0.4, 0.5) is 5.69 Å².